The maximum absolute atomic E-state index is 13.0. The fourth-order valence-corrected chi connectivity index (χ4v) is 4.87. The Morgan fingerprint density at radius 2 is 1.61 bits per heavy atom. The second-order valence-electron chi connectivity index (χ2n) is 8.56. The molecule has 1 aromatic carbocycles. The van der Waals surface area contributed by atoms with E-state index in [2.05, 4.69) is 5.32 Å². The molecule has 28 heavy (non-hydrogen) atoms. The molecule has 0 radical (unpaired) electrons. The van der Waals surface area contributed by atoms with Crippen molar-refractivity contribution in [1.82, 2.24) is 15.1 Å². The van der Waals surface area contributed by atoms with Crippen LogP contribution < -0.4 is 10.1 Å². The number of ether oxygens (including phenoxy) is 1. The highest BCUT2D eigenvalue weighted by atomic mass is 16.5. The van der Waals surface area contributed by atoms with Crippen molar-refractivity contribution in [2.24, 2.45) is 11.8 Å². The smallest absolute Gasteiger partial charge is 0.260 e. The summed E-state index contributed by atoms with van der Waals surface area (Å²) in [6, 6.07) is 3.81. The van der Waals surface area contributed by atoms with E-state index in [1.54, 1.807) is 0 Å². The highest BCUT2D eigenvalue weighted by Gasteiger charge is 2.38. The summed E-state index contributed by atoms with van der Waals surface area (Å²) in [6.07, 6.45) is 3.36. The van der Waals surface area contributed by atoms with Crippen LogP contribution in [0.4, 0.5) is 0 Å². The van der Waals surface area contributed by atoms with Crippen molar-refractivity contribution >= 4 is 11.8 Å². The van der Waals surface area contributed by atoms with Gasteiger partial charge in [0, 0.05) is 44.8 Å². The van der Waals surface area contributed by atoms with Gasteiger partial charge in [-0.15, -0.1) is 0 Å². The third-order valence-corrected chi connectivity index (χ3v) is 6.43. The van der Waals surface area contributed by atoms with Crippen LogP contribution in [0.15, 0.2) is 12.1 Å². The molecular weight excluding hydrogens is 354 g/mol. The summed E-state index contributed by atoms with van der Waals surface area (Å²) >= 11 is 0. The number of amides is 2. The Bertz CT molecular complexity index is 722. The molecule has 1 aromatic rings. The van der Waals surface area contributed by atoms with Gasteiger partial charge in [-0.05, 0) is 68.2 Å². The summed E-state index contributed by atoms with van der Waals surface area (Å²) in [5.74, 6) is 2.07. The van der Waals surface area contributed by atoms with Gasteiger partial charge in [0.15, 0.2) is 6.61 Å². The number of likely N-dealkylation sites (tertiary alicyclic amines) is 2. The van der Waals surface area contributed by atoms with Gasteiger partial charge < -0.3 is 19.9 Å². The first-order chi connectivity index (χ1) is 13.5. The van der Waals surface area contributed by atoms with Crippen molar-refractivity contribution in [2.75, 3.05) is 45.9 Å². The molecule has 4 rings (SSSR count). The number of carbonyl (C=O) groups excluding carboxylic acids is 2. The largest absolute Gasteiger partial charge is 0.483 e. The van der Waals surface area contributed by atoms with Gasteiger partial charge in [-0.1, -0.05) is 0 Å². The van der Waals surface area contributed by atoms with Gasteiger partial charge in [-0.25, -0.2) is 0 Å². The maximum atomic E-state index is 13.0. The number of rotatable bonds is 4. The number of aryl methyl sites for hydroxylation is 2. The van der Waals surface area contributed by atoms with Crippen molar-refractivity contribution in [3.8, 4) is 5.75 Å². The van der Waals surface area contributed by atoms with E-state index < -0.39 is 0 Å². The van der Waals surface area contributed by atoms with Crippen LogP contribution in [-0.4, -0.2) is 67.5 Å². The zero-order valence-corrected chi connectivity index (χ0v) is 17.0. The molecule has 3 fully saturated rings. The van der Waals surface area contributed by atoms with Gasteiger partial charge >= 0.3 is 0 Å². The summed E-state index contributed by atoms with van der Waals surface area (Å²) in [6.45, 7) is 9.36. The van der Waals surface area contributed by atoms with Crippen LogP contribution in [-0.2, 0) is 4.79 Å². The van der Waals surface area contributed by atoms with E-state index in [9.17, 15) is 9.59 Å². The Balaban J connectivity index is 1.40. The fraction of sp³-hybridized carbons (Fsp3) is 0.636. The predicted octanol–water partition coefficient (Wildman–Crippen LogP) is 1.99. The van der Waals surface area contributed by atoms with Gasteiger partial charge in [0.25, 0.3) is 11.8 Å². The summed E-state index contributed by atoms with van der Waals surface area (Å²) in [5.41, 5.74) is 2.55. The van der Waals surface area contributed by atoms with E-state index in [0.29, 0.717) is 11.8 Å². The Morgan fingerprint density at radius 1 is 1.00 bits per heavy atom. The first kappa shape index (κ1) is 19.2. The molecule has 0 aromatic heterocycles. The normalized spacial score (nSPS) is 24.4. The Kier molecular flexibility index (Phi) is 5.58. The van der Waals surface area contributed by atoms with Gasteiger partial charge in [0.05, 0.1) is 0 Å². The fourth-order valence-electron chi connectivity index (χ4n) is 4.87. The first-order valence-corrected chi connectivity index (χ1v) is 10.5. The van der Waals surface area contributed by atoms with Crippen LogP contribution in [0.25, 0.3) is 0 Å². The molecule has 0 unspecified atom stereocenters. The molecule has 152 valence electrons. The highest BCUT2D eigenvalue weighted by molar-refractivity contribution is 5.95. The Labute approximate surface area is 167 Å². The van der Waals surface area contributed by atoms with Crippen LogP contribution in [0.5, 0.6) is 5.75 Å². The van der Waals surface area contributed by atoms with E-state index in [1.165, 1.54) is 6.42 Å². The van der Waals surface area contributed by atoms with Gasteiger partial charge in [-0.2, -0.15) is 0 Å². The summed E-state index contributed by atoms with van der Waals surface area (Å²) < 4.78 is 5.88. The molecule has 0 saturated carbocycles. The molecule has 0 spiro atoms. The molecule has 0 bridgehead atoms. The number of fused-ring (bicyclic) bond motifs is 1. The predicted molar refractivity (Wildman–Crippen MR) is 108 cm³/mol. The third-order valence-electron chi connectivity index (χ3n) is 6.43. The maximum Gasteiger partial charge on any atom is 0.260 e. The van der Waals surface area contributed by atoms with Gasteiger partial charge in [-0.3, -0.25) is 9.59 Å². The second kappa shape index (κ2) is 8.11. The van der Waals surface area contributed by atoms with Gasteiger partial charge in [0.2, 0.25) is 0 Å². The molecule has 3 aliphatic rings. The number of piperidine rings is 1. The van der Waals surface area contributed by atoms with Crippen LogP contribution >= 0.6 is 0 Å². The number of hydrogen-bond acceptors (Lipinski definition) is 4. The summed E-state index contributed by atoms with van der Waals surface area (Å²) in [5, 5.41) is 3.41. The van der Waals surface area contributed by atoms with Crippen molar-refractivity contribution in [3.63, 3.8) is 0 Å². The number of carbonyl (C=O) groups is 2. The molecule has 6 nitrogen and oxygen atoms in total. The molecular formula is C22H31N3O3. The highest BCUT2D eigenvalue weighted by Crippen LogP contribution is 2.30. The van der Waals surface area contributed by atoms with Crippen LogP contribution in [0.1, 0.15) is 40.7 Å². The van der Waals surface area contributed by atoms with E-state index in [-0.39, 0.29) is 18.4 Å². The lowest BCUT2D eigenvalue weighted by Crippen LogP contribution is -2.38. The Hall–Kier alpha value is -2.08. The molecule has 1 N–H and O–H groups in total. The monoisotopic (exact) mass is 385 g/mol. The number of hydrogen-bond donors (Lipinski definition) is 1. The van der Waals surface area contributed by atoms with Crippen LogP contribution in [0.2, 0.25) is 0 Å². The third kappa shape index (κ3) is 3.88. The topological polar surface area (TPSA) is 61.9 Å². The minimum Gasteiger partial charge on any atom is -0.483 e. The Morgan fingerprint density at radius 3 is 2.21 bits per heavy atom. The van der Waals surface area contributed by atoms with Crippen molar-refractivity contribution in [1.29, 1.82) is 0 Å². The van der Waals surface area contributed by atoms with Crippen LogP contribution in [0.3, 0.4) is 0 Å². The van der Waals surface area contributed by atoms with Crippen molar-refractivity contribution in [3.05, 3.63) is 28.8 Å². The number of benzene rings is 1. The van der Waals surface area contributed by atoms with Crippen molar-refractivity contribution < 1.29 is 14.3 Å². The standard InChI is InChI=1S/C22H31N3O3/c1-15-8-17(22(27)25-12-18-10-23-11-19(18)13-25)9-16(2)21(15)28-14-20(26)24-6-4-3-5-7-24/h8-9,18-19,23H,3-7,10-14H2,1-2H3/t18-,19+. The molecule has 3 aliphatic heterocycles. The average molecular weight is 386 g/mol. The second-order valence-corrected chi connectivity index (χ2v) is 8.56. The molecule has 3 heterocycles. The zero-order chi connectivity index (χ0) is 19.7. The minimum absolute atomic E-state index is 0.0517. The van der Waals surface area contributed by atoms with Gasteiger partial charge in [0.1, 0.15) is 5.75 Å². The lowest BCUT2D eigenvalue weighted by molar-refractivity contribution is -0.134. The van der Waals surface area contributed by atoms with Crippen molar-refractivity contribution in [2.45, 2.75) is 33.1 Å². The molecule has 6 heteroatoms. The number of nitrogens with one attached hydrogen (secondary N) is 1. The SMILES string of the molecule is Cc1cc(C(=O)N2C[C@H]3CNC[C@H]3C2)cc(C)c1OCC(=O)N1CCCCC1. The summed E-state index contributed by atoms with van der Waals surface area (Å²) in [4.78, 5) is 29.2. The molecule has 3 saturated heterocycles. The van der Waals surface area contributed by atoms with E-state index in [0.717, 1.165) is 74.6 Å². The van der Waals surface area contributed by atoms with E-state index in [4.69, 9.17) is 4.74 Å². The zero-order valence-electron chi connectivity index (χ0n) is 17.0. The summed E-state index contributed by atoms with van der Waals surface area (Å²) in [7, 11) is 0. The number of nitrogens with zero attached hydrogens (tertiary/aromatic N) is 2. The minimum atomic E-state index is 0.0517. The average Bonchev–Trinajstić information content (AvgIpc) is 3.29. The first-order valence-electron chi connectivity index (χ1n) is 10.5. The molecule has 0 aliphatic carbocycles. The molecule has 2 amide bonds. The van der Waals surface area contributed by atoms with E-state index >= 15 is 0 Å². The molecule has 2 atom stereocenters. The van der Waals surface area contributed by atoms with E-state index in [1.807, 2.05) is 35.8 Å². The lowest BCUT2D eigenvalue weighted by atomic mass is 10.0. The quantitative estimate of drug-likeness (QED) is 0.861. The lowest BCUT2D eigenvalue weighted by Gasteiger charge is -2.27. The van der Waals surface area contributed by atoms with Crippen LogP contribution in [0, 0.1) is 25.7 Å².